The lowest BCUT2D eigenvalue weighted by atomic mass is 10.1. The van der Waals surface area contributed by atoms with E-state index < -0.39 is 16.6 Å². The van der Waals surface area contributed by atoms with E-state index in [0.29, 0.717) is 5.69 Å². The van der Waals surface area contributed by atoms with E-state index in [9.17, 15) is 23.7 Å². The third kappa shape index (κ3) is 2.55. The Morgan fingerprint density at radius 2 is 1.79 bits per heavy atom. The number of nitro benzene ring substituents is 1. The van der Waals surface area contributed by atoms with Gasteiger partial charge in [0.2, 0.25) is 5.91 Å². The third-order valence-electron chi connectivity index (χ3n) is 3.95. The van der Waals surface area contributed by atoms with Crippen molar-refractivity contribution in [2.24, 2.45) is 0 Å². The van der Waals surface area contributed by atoms with Gasteiger partial charge < -0.3 is 9.80 Å². The Kier molecular flexibility index (Phi) is 3.88. The summed E-state index contributed by atoms with van der Waals surface area (Å²) in [4.78, 5) is 25.2. The average Bonchev–Trinajstić information content (AvgIpc) is 2.66. The molecule has 0 saturated heterocycles. The molecule has 0 spiro atoms. The zero-order valence-electron chi connectivity index (χ0n) is 12.7. The highest BCUT2D eigenvalue weighted by Crippen LogP contribution is 2.40. The fourth-order valence-corrected chi connectivity index (χ4v) is 2.73. The summed E-state index contributed by atoms with van der Waals surface area (Å²) < 4.78 is 28.4. The number of nitrogens with zero attached hydrogens (tertiary/aromatic N) is 3. The number of rotatable bonds is 2. The van der Waals surface area contributed by atoms with Gasteiger partial charge in [-0.15, -0.1) is 0 Å². The van der Waals surface area contributed by atoms with E-state index in [1.807, 2.05) is 0 Å². The van der Waals surface area contributed by atoms with Crippen molar-refractivity contribution in [1.29, 1.82) is 0 Å². The van der Waals surface area contributed by atoms with Crippen LogP contribution in [0, 0.1) is 21.7 Å². The molecule has 0 atom stereocenters. The molecule has 1 aliphatic rings. The predicted molar refractivity (Wildman–Crippen MR) is 84.5 cm³/mol. The lowest BCUT2D eigenvalue weighted by Gasteiger charge is -2.26. The molecule has 124 valence electrons. The molecule has 2 aromatic rings. The molecule has 2 aromatic carbocycles. The van der Waals surface area contributed by atoms with Crippen LogP contribution in [0.25, 0.3) is 0 Å². The monoisotopic (exact) mass is 333 g/mol. The Morgan fingerprint density at radius 1 is 1.12 bits per heavy atom. The number of benzene rings is 2. The number of anilines is 3. The molecule has 1 amide bonds. The molecule has 0 aliphatic carbocycles. The quantitative estimate of drug-likeness (QED) is 0.624. The van der Waals surface area contributed by atoms with Crippen molar-refractivity contribution in [2.45, 2.75) is 6.42 Å². The SMILES string of the molecule is CN1C(=O)CCN(c2c(F)cccc2F)c2cc([N+](=O)[O-])ccc21. The summed E-state index contributed by atoms with van der Waals surface area (Å²) in [5.74, 6) is -1.85. The molecule has 8 heteroatoms. The minimum Gasteiger partial charge on any atom is -0.334 e. The van der Waals surface area contributed by atoms with E-state index in [-0.39, 0.29) is 35.9 Å². The van der Waals surface area contributed by atoms with Crippen LogP contribution >= 0.6 is 0 Å². The van der Waals surface area contributed by atoms with Gasteiger partial charge in [0.15, 0.2) is 0 Å². The fraction of sp³-hybridized carbons (Fsp3) is 0.188. The van der Waals surface area contributed by atoms with Crippen molar-refractivity contribution in [3.8, 4) is 0 Å². The molecule has 0 saturated carbocycles. The molecule has 3 rings (SSSR count). The summed E-state index contributed by atoms with van der Waals surface area (Å²) in [5.41, 5.74) is 0.00731. The summed E-state index contributed by atoms with van der Waals surface area (Å²) >= 11 is 0. The first-order valence-corrected chi connectivity index (χ1v) is 7.16. The molecule has 0 N–H and O–H groups in total. The topological polar surface area (TPSA) is 66.7 Å². The number of fused-ring (bicyclic) bond motifs is 1. The zero-order chi connectivity index (χ0) is 17.4. The second-order valence-corrected chi connectivity index (χ2v) is 5.35. The minimum absolute atomic E-state index is 0.00912. The van der Waals surface area contributed by atoms with Gasteiger partial charge in [0, 0.05) is 32.1 Å². The number of hydrogen-bond acceptors (Lipinski definition) is 4. The van der Waals surface area contributed by atoms with Gasteiger partial charge in [-0.05, 0) is 18.2 Å². The fourth-order valence-electron chi connectivity index (χ4n) is 2.73. The van der Waals surface area contributed by atoms with E-state index in [0.717, 1.165) is 12.1 Å². The van der Waals surface area contributed by atoms with Gasteiger partial charge in [0.1, 0.15) is 17.3 Å². The summed E-state index contributed by atoms with van der Waals surface area (Å²) in [6.07, 6.45) is 0.0206. The van der Waals surface area contributed by atoms with Crippen LogP contribution in [0.5, 0.6) is 0 Å². The second-order valence-electron chi connectivity index (χ2n) is 5.35. The Bertz CT molecular complexity index is 821. The van der Waals surface area contributed by atoms with Gasteiger partial charge >= 0.3 is 0 Å². The van der Waals surface area contributed by atoms with Gasteiger partial charge in [-0.3, -0.25) is 14.9 Å². The predicted octanol–water partition coefficient (Wildman–Crippen LogP) is 3.38. The van der Waals surface area contributed by atoms with E-state index >= 15 is 0 Å². The molecule has 0 unspecified atom stereocenters. The van der Waals surface area contributed by atoms with Gasteiger partial charge in [0.25, 0.3) is 5.69 Å². The van der Waals surface area contributed by atoms with E-state index in [1.165, 1.54) is 41.1 Å². The molecule has 0 fully saturated rings. The highest BCUT2D eigenvalue weighted by atomic mass is 19.1. The van der Waals surface area contributed by atoms with Gasteiger partial charge in [-0.1, -0.05) is 6.07 Å². The van der Waals surface area contributed by atoms with Crippen LogP contribution in [0.1, 0.15) is 6.42 Å². The maximum atomic E-state index is 14.2. The highest BCUT2D eigenvalue weighted by Gasteiger charge is 2.29. The normalized spacial score (nSPS) is 14.4. The summed E-state index contributed by atoms with van der Waals surface area (Å²) in [6.45, 7) is 0.00912. The van der Waals surface area contributed by atoms with Crippen molar-refractivity contribution in [3.05, 3.63) is 58.1 Å². The first kappa shape index (κ1) is 15.9. The molecule has 1 heterocycles. The van der Waals surface area contributed by atoms with Gasteiger partial charge in [0.05, 0.1) is 16.3 Å². The number of non-ortho nitro benzene ring substituents is 1. The standard InChI is InChI=1S/C16H13F2N3O3/c1-19-13-6-5-10(21(23)24)9-14(13)20(8-7-15(19)22)16-11(17)3-2-4-12(16)18/h2-6,9H,7-8H2,1H3. The molecule has 0 aromatic heterocycles. The van der Waals surface area contributed by atoms with Crippen LogP contribution < -0.4 is 9.80 Å². The van der Waals surface area contributed by atoms with Crippen LogP contribution in [-0.2, 0) is 4.79 Å². The van der Waals surface area contributed by atoms with Crippen molar-refractivity contribution >= 4 is 28.7 Å². The van der Waals surface area contributed by atoms with Crippen LogP contribution in [0.15, 0.2) is 36.4 Å². The number of carbonyl (C=O) groups is 1. The largest absolute Gasteiger partial charge is 0.334 e. The van der Waals surface area contributed by atoms with E-state index in [2.05, 4.69) is 0 Å². The van der Waals surface area contributed by atoms with Gasteiger partial charge in [-0.25, -0.2) is 8.78 Å². The summed E-state index contributed by atoms with van der Waals surface area (Å²) in [5, 5.41) is 11.1. The van der Waals surface area contributed by atoms with Crippen molar-refractivity contribution in [2.75, 3.05) is 23.4 Å². The zero-order valence-corrected chi connectivity index (χ0v) is 12.7. The number of hydrogen-bond donors (Lipinski definition) is 0. The van der Waals surface area contributed by atoms with Crippen molar-refractivity contribution in [1.82, 2.24) is 0 Å². The highest BCUT2D eigenvalue weighted by molar-refractivity contribution is 5.99. The molecule has 1 aliphatic heterocycles. The maximum Gasteiger partial charge on any atom is 0.271 e. The number of carbonyl (C=O) groups excluding carboxylic acids is 1. The molecule has 6 nitrogen and oxygen atoms in total. The molecular weight excluding hydrogens is 320 g/mol. The molecular formula is C16H13F2N3O3. The van der Waals surface area contributed by atoms with E-state index in [1.54, 1.807) is 0 Å². The Hall–Kier alpha value is -3.03. The number of para-hydroxylation sites is 1. The van der Waals surface area contributed by atoms with Crippen molar-refractivity contribution < 1.29 is 18.5 Å². The van der Waals surface area contributed by atoms with Crippen LogP contribution in [0.4, 0.5) is 31.5 Å². The summed E-state index contributed by atoms with van der Waals surface area (Å²) in [6, 6.07) is 7.32. The lowest BCUT2D eigenvalue weighted by molar-refractivity contribution is -0.384. The van der Waals surface area contributed by atoms with Crippen LogP contribution in [-0.4, -0.2) is 24.4 Å². The first-order valence-electron chi connectivity index (χ1n) is 7.16. The summed E-state index contributed by atoms with van der Waals surface area (Å²) in [7, 11) is 1.52. The Labute approximate surface area is 136 Å². The van der Waals surface area contributed by atoms with Crippen LogP contribution in [0.2, 0.25) is 0 Å². The second kappa shape index (κ2) is 5.88. The average molecular weight is 333 g/mol. The third-order valence-corrected chi connectivity index (χ3v) is 3.95. The maximum absolute atomic E-state index is 14.2. The molecule has 0 radical (unpaired) electrons. The van der Waals surface area contributed by atoms with Gasteiger partial charge in [-0.2, -0.15) is 0 Å². The van der Waals surface area contributed by atoms with Crippen LogP contribution in [0.3, 0.4) is 0 Å². The molecule has 0 bridgehead atoms. The number of amides is 1. The lowest BCUT2D eigenvalue weighted by Crippen LogP contribution is -2.25. The first-order chi connectivity index (χ1) is 11.4. The molecule has 24 heavy (non-hydrogen) atoms. The number of halogens is 2. The van der Waals surface area contributed by atoms with Crippen molar-refractivity contribution in [3.63, 3.8) is 0 Å². The number of nitro groups is 1. The smallest absolute Gasteiger partial charge is 0.271 e. The van der Waals surface area contributed by atoms with E-state index in [4.69, 9.17) is 0 Å². The minimum atomic E-state index is -0.801. The Morgan fingerprint density at radius 3 is 2.42 bits per heavy atom. The Balaban J connectivity index is 2.25.